The summed E-state index contributed by atoms with van der Waals surface area (Å²) in [5.74, 6) is -4.46. The van der Waals surface area contributed by atoms with Crippen molar-refractivity contribution in [3.05, 3.63) is 0 Å². The van der Waals surface area contributed by atoms with Gasteiger partial charge in [-0.05, 0) is 13.3 Å². The van der Waals surface area contributed by atoms with E-state index in [1.54, 1.807) is 0 Å². The minimum Gasteiger partial charge on any atom is -0.480 e. The monoisotopic (exact) mass is 361 g/mol. The lowest BCUT2D eigenvalue weighted by Gasteiger charge is -2.22. The largest absolute Gasteiger partial charge is 0.480 e. The molecule has 142 valence electrons. The molecule has 25 heavy (non-hydrogen) atoms. The van der Waals surface area contributed by atoms with E-state index in [0.717, 1.165) is 0 Å². The Morgan fingerprint density at radius 1 is 1.00 bits per heavy atom. The minimum absolute atomic E-state index is 0.141. The van der Waals surface area contributed by atoms with Crippen LogP contribution in [-0.4, -0.2) is 71.1 Å². The first-order valence-corrected chi connectivity index (χ1v) is 7.34. The fourth-order valence-electron chi connectivity index (χ4n) is 1.65. The molecule has 0 aromatic heterocycles. The summed E-state index contributed by atoms with van der Waals surface area (Å²) in [6.07, 6.45) is -0.354. The molecule has 0 aromatic rings. The zero-order chi connectivity index (χ0) is 19.6. The van der Waals surface area contributed by atoms with E-state index < -0.39 is 60.9 Å². The smallest absolute Gasteiger partial charge is 0.325 e. The molecule has 0 aliphatic rings. The first kappa shape index (κ1) is 22.3. The van der Waals surface area contributed by atoms with Gasteiger partial charge in [0.1, 0.15) is 18.1 Å². The number of carboxylic acid groups (broad SMARTS) is 1. The molecule has 0 bridgehead atoms. The second-order valence-corrected chi connectivity index (χ2v) is 5.14. The zero-order valence-electron chi connectivity index (χ0n) is 13.7. The molecule has 0 heterocycles. The van der Waals surface area contributed by atoms with E-state index in [9.17, 15) is 29.1 Å². The Morgan fingerprint density at radius 3 is 2.00 bits per heavy atom. The van der Waals surface area contributed by atoms with Gasteiger partial charge < -0.3 is 37.6 Å². The predicted octanol–water partition coefficient (Wildman–Crippen LogP) is -4.24. The van der Waals surface area contributed by atoms with Crippen LogP contribution >= 0.6 is 0 Å². The molecule has 0 saturated carbocycles. The summed E-state index contributed by atoms with van der Waals surface area (Å²) < 4.78 is 0. The highest BCUT2D eigenvalue weighted by Crippen LogP contribution is 1.99. The molecule has 12 nitrogen and oxygen atoms in total. The van der Waals surface area contributed by atoms with Gasteiger partial charge in [-0.25, -0.2) is 0 Å². The molecule has 0 aromatic carbocycles. The molecular formula is C13H23N5O7. The maximum atomic E-state index is 12.2. The number of aliphatic carboxylic acids is 1. The zero-order valence-corrected chi connectivity index (χ0v) is 13.7. The second kappa shape index (κ2) is 10.9. The van der Waals surface area contributed by atoms with Gasteiger partial charge in [-0.3, -0.25) is 24.0 Å². The van der Waals surface area contributed by atoms with Crippen molar-refractivity contribution < 1.29 is 34.2 Å². The molecule has 0 saturated heterocycles. The average Bonchev–Trinajstić information content (AvgIpc) is 2.55. The maximum absolute atomic E-state index is 12.2. The third-order valence-electron chi connectivity index (χ3n) is 3.06. The first-order valence-electron chi connectivity index (χ1n) is 7.34. The Morgan fingerprint density at radius 2 is 1.56 bits per heavy atom. The van der Waals surface area contributed by atoms with Crippen molar-refractivity contribution in [2.45, 2.75) is 37.9 Å². The SMILES string of the molecule is CC(NC(=O)C(CO)NC(=O)C(CCC(N)=O)NC(=O)CN)C(=O)O. The number of carbonyl (C=O) groups excluding carboxylic acids is 4. The van der Waals surface area contributed by atoms with Crippen LogP contribution in [0.2, 0.25) is 0 Å². The standard InChI is InChI=1S/C13H23N5O7/c1-6(13(24)25)16-12(23)8(5-19)18-11(22)7(2-3-9(15)20)17-10(21)4-14/h6-8,19H,2-5,14H2,1H3,(H2,15,20)(H,16,23)(H,17,21)(H,18,22)(H,24,25). The van der Waals surface area contributed by atoms with Crippen molar-refractivity contribution in [2.75, 3.05) is 13.2 Å². The average molecular weight is 361 g/mol. The Hall–Kier alpha value is -2.73. The number of hydrogen-bond acceptors (Lipinski definition) is 7. The summed E-state index contributed by atoms with van der Waals surface area (Å²) in [5.41, 5.74) is 10.1. The van der Waals surface area contributed by atoms with Gasteiger partial charge in [0.25, 0.3) is 0 Å². The lowest BCUT2D eigenvalue weighted by Crippen LogP contribution is -2.57. The van der Waals surface area contributed by atoms with Crippen LogP contribution in [0.4, 0.5) is 0 Å². The number of amides is 4. The lowest BCUT2D eigenvalue weighted by molar-refractivity contribution is -0.142. The third-order valence-corrected chi connectivity index (χ3v) is 3.06. The Balaban J connectivity index is 4.95. The van der Waals surface area contributed by atoms with Crippen LogP contribution in [0.25, 0.3) is 0 Å². The number of nitrogens with one attached hydrogen (secondary N) is 3. The minimum atomic E-state index is -1.44. The molecule has 12 heteroatoms. The Labute approximate surface area is 143 Å². The molecule has 0 rings (SSSR count). The van der Waals surface area contributed by atoms with Crippen molar-refractivity contribution >= 4 is 29.6 Å². The van der Waals surface area contributed by atoms with Crippen molar-refractivity contribution in [3.63, 3.8) is 0 Å². The van der Waals surface area contributed by atoms with Crippen LogP contribution in [0, 0.1) is 0 Å². The van der Waals surface area contributed by atoms with Gasteiger partial charge in [-0.1, -0.05) is 0 Å². The molecule has 4 amide bonds. The summed E-state index contributed by atoms with van der Waals surface area (Å²) in [7, 11) is 0. The lowest BCUT2D eigenvalue weighted by atomic mass is 10.1. The van der Waals surface area contributed by atoms with Crippen molar-refractivity contribution in [2.24, 2.45) is 11.5 Å². The summed E-state index contributed by atoms with van der Waals surface area (Å²) in [5, 5.41) is 24.5. The van der Waals surface area contributed by atoms with Crippen LogP contribution in [0.5, 0.6) is 0 Å². The highest BCUT2D eigenvalue weighted by Gasteiger charge is 2.27. The highest BCUT2D eigenvalue weighted by atomic mass is 16.4. The van der Waals surface area contributed by atoms with E-state index in [2.05, 4.69) is 16.0 Å². The number of carbonyl (C=O) groups is 5. The molecular weight excluding hydrogens is 338 g/mol. The van der Waals surface area contributed by atoms with Crippen LogP contribution < -0.4 is 27.4 Å². The number of aliphatic hydroxyl groups excluding tert-OH is 1. The molecule has 3 unspecified atom stereocenters. The molecule has 0 aliphatic heterocycles. The molecule has 0 fully saturated rings. The van der Waals surface area contributed by atoms with Gasteiger partial charge in [0.05, 0.1) is 13.2 Å². The third kappa shape index (κ3) is 8.62. The van der Waals surface area contributed by atoms with Gasteiger partial charge in [-0.2, -0.15) is 0 Å². The van der Waals surface area contributed by atoms with E-state index in [4.69, 9.17) is 16.6 Å². The number of carboxylic acids is 1. The van der Waals surface area contributed by atoms with Crippen LogP contribution in [0.15, 0.2) is 0 Å². The fourth-order valence-corrected chi connectivity index (χ4v) is 1.65. The van der Waals surface area contributed by atoms with Crippen molar-refractivity contribution in [1.82, 2.24) is 16.0 Å². The van der Waals surface area contributed by atoms with Gasteiger partial charge >= 0.3 is 5.97 Å². The topological polar surface area (TPSA) is 214 Å². The van der Waals surface area contributed by atoms with E-state index in [-0.39, 0.29) is 12.8 Å². The fraction of sp³-hybridized carbons (Fsp3) is 0.615. The van der Waals surface area contributed by atoms with Crippen molar-refractivity contribution in [3.8, 4) is 0 Å². The summed E-state index contributed by atoms with van der Waals surface area (Å²) in [6, 6.07) is -3.89. The van der Waals surface area contributed by atoms with Crippen LogP contribution in [0.1, 0.15) is 19.8 Å². The summed E-state index contributed by atoms with van der Waals surface area (Å²) in [4.78, 5) is 56.9. The summed E-state index contributed by atoms with van der Waals surface area (Å²) >= 11 is 0. The number of nitrogens with two attached hydrogens (primary N) is 2. The van der Waals surface area contributed by atoms with Crippen LogP contribution in [0.3, 0.4) is 0 Å². The summed E-state index contributed by atoms with van der Waals surface area (Å²) in [6.45, 7) is -0.00863. The number of aliphatic hydroxyl groups is 1. The second-order valence-electron chi connectivity index (χ2n) is 5.14. The Bertz CT molecular complexity index is 525. The van der Waals surface area contributed by atoms with Gasteiger partial charge in [0.15, 0.2) is 0 Å². The number of rotatable bonds is 11. The van der Waals surface area contributed by atoms with Gasteiger partial charge in [0, 0.05) is 6.42 Å². The number of primary amides is 1. The normalized spacial score (nSPS) is 13.9. The van der Waals surface area contributed by atoms with Crippen molar-refractivity contribution in [1.29, 1.82) is 0 Å². The van der Waals surface area contributed by atoms with Crippen LogP contribution in [-0.2, 0) is 24.0 Å². The first-order chi connectivity index (χ1) is 11.6. The quantitative estimate of drug-likeness (QED) is 0.191. The van der Waals surface area contributed by atoms with Gasteiger partial charge in [-0.15, -0.1) is 0 Å². The maximum Gasteiger partial charge on any atom is 0.325 e. The molecule has 0 aliphatic carbocycles. The number of hydrogen-bond donors (Lipinski definition) is 7. The Kier molecular flexibility index (Phi) is 9.74. The molecule has 0 spiro atoms. The predicted molar refractivity (Wildman–Crippen MR) is 83.7 cm³/mol. The van der Waals surface area contributed by atoms with Gasteiger partial charge in [0.2, 0.25) is 23.6 Å². The highest BCUT2D eigenvalue weighted by molar-refractivity contribution is 5.93. The van der Waals surface area contributed by atoms with E-state index in [1.165, 1.54) is 6.92 Å². The molecule has 0 radical (unpaired) electrons. The molecule has 9 N–H and O–H groups in total. The van der Waals surface area contributed by atoms with E-state index in [1.807, 2.05) is 0 Å². The van der Waals surface area contributed by atoms with E-state index in [0.29, 0.717) is 0 Å². The molecule has 3 atom stereocenters. The van der Waals surface area contributed by atoms with E-state index >= 15 is 0 Å².